The summed E-state index contributed by atoms with van der Waals surface area (Å²) in [5.74, 6) is 1.14. The molecule has 2 aromatic rings. The summed E-state index contributed by atoms with van der Waals surface area (Å²) in [5, 5.41) is 14.4. The van der Waals surface area contributed by atoms with Crippen LogP contribution in [0.15, 0.2) is 10.7 Å². The first-order valence-electron chi connectivity index (χ1n) is 7.60. The van der Waals surface area contributed by atoms with Gasteiger partial charge in [0.15, 0.2) is 5.82 Å². The van der Waals surface area contributed by atoms with Crippen molar-refractivity contribution in [3.63, 3.8) is 0 Å². The van der Waals surface area contributed by atoms with Crippen LogP contribution in [-0.2, 0) is 6.42 Å². The molecular formula is C14H20N4O2S. The van der Waals surface area contributed by atoms with Gasteiger partial charge in [0.1, 0.15) is 6.10 Å². The molecule has 1 aliphatic carbocycles. The van der Waals surface area contributed by atoms with Crippen molar-refractivity contribution in [3.05, 3.63) is 23.6 Å². The molecule has 2 heterocycles. The molecule has 3 rings (SSSR count). The van der Waals surface area contributed by atoms with Gasteiger partial charge in [-0.05, 0) is 18.8 Å². The van der Waals surface area contributed by atoms with Crippen LogP contribution in [-0.4, -0.2) is 24.0 Å². The first-order chi connectivity index (χ1) is 10.3. The smallest absolute Gasteiger partial charge is 0.255 e. The highest BCUT2D eigenvalue weighted by atomic mass is 32.1. The van der Waals surface area contributed by atoms with E-state index in [4.69, 9.17) is 4.52 Å². The maximum absolute atomic E-state index is 10.5. The van der Waals surface area contributed by atoms with Crippen LogP contribution in [0.4, 0.5) is 0 Å². The summed E-state index contributed by atoms with van der Waals surface area (Å²) in [4.78, 5) is 4.32. The van der Waals surface area contributed by atoms with Gasteiger partial charge < -0.3 is 9.63 Å². The van der Waals surface area contributed by atoms with E-state index in [0.717, 1.165) is 30.3 Å². The molecule has 2 aromatic heterocycles. The van der Waals surface area contributed by atoms with E-state index < -0.39 is 6.10 Å². The van der Waals surface area contributed by atoms with Crippen LogP contribution in [0, 0.1) is 5.92 Å². The number of hydrogen-bond acceptors (Lipinski definition) is 7. The maximum atomic E-state index is 10.5. The molecule has 1 atom stereocenters. The van der Waals surface area contributed by atoms with Gasteiger partial charge >= 0.3 is 0 Å². The van der Waals surface area contributed by atoms with Crippen molar-refractivity contribution in [1.82, 2.24) is 18.9 Å². The van der Waals surface area contributed by atoms with Crippen LogP contribution >= 0.6 is 11.7 Å². The molecule has 0 aromatic carbocycles. The molecular weight excluding hydrogens is 288 g/mol. The first kappa shape index (κ1) is 14.6. The molecule has 1 unspecified atom stereocenters. The fraction of sp³-hybridized carbons (Fsp3) is 0.714. The quantitative estimate of drug-likeness (QED) is 0.934. The van der Waals surface area contributed by atoms with Gasteiger partial charge in [-0.1, -0.05) is 37.3 Å². The lowest BCUT2D eigenvalue weighted by molar-refractivity contribution is 0.0605. The van der Waals surface area contributed by atoms with Gasteiger partial charge in [0.2, 0.25) is 0 Å². The Kier molecular flexibility index (Phi) is 4.92. The minimum atomic E-state index is -0.641. The third-order valence-electron chi connectivity index (χ3n) is 4.08. The van der Waals surface area contributed by atoms with Crippen molar-refractivity contribution in [1.29, 1.82) is 0 Å². The third-order valence-corrected chi connectivity index (χ3v) is 4.60. The van der Waals surface area contributed by atoms with Crippen LogP contribution in [0.2, 0.25) is 0 Å². The summed E-state index contributed by atoms with van der Waals surface area (Å²) >= 11 is 1.16. The molecule has 21 heavy (non-hydrogen) atoms. The summed E-state index contributed by atoms with van der Waals surface area (Å²) in [7, 11) is 0. The summed E-state index contributed by atoms with van der Waals surface area (Å²) in [6.07, 6.45) is 9.81. The standard InChI is InChI=1S/C14H20N4O2S/c19-13(10-6-4-2-1-3-5-7-10)14-16-12(17-20-14)8-11-9-15-21-18-11/h9-10,13,19H,1-8H2. The van der Waals surface area contributed by atoms with E-state index in [1.54, 1.807) is 6.20 Å². The lowest BCUT2D eigenvalue weighted by atomic mass is 9.87. The van der Waals surface area contributed by atoms with E-state index in [9.17, 15) is 5.11 Å². The summed E-state index contributed by atoms with van der Waals surface area (Å²) < 4.78 is 13.3. The zero-order valence-electron chi connectivity index (χ0n) is 11.9. The van der Waals surface area contributed by atoms with Gasteiger partial charge in [0.25, 0.3) is 5.89 Å². The first-order valence-corrected chi connectivity index (χ1v) is 8.33. The van der Waals surface area contributed by atoms with E-state index in [1.807, 2.05) is 0 Å². The van der Waals surface area contributed by atoms with Crippen LogP contribution in [0.25, 0.3) is 0 Å². The highest BCUT2D eigenvalue weighted by Gasteiger charge is 2.26. The highest BCUT2D eigenvalue weighted by Crippen LogP contribution is 2.32. The fourth-order valence-corrected chi connectivity index (χ4v) is 3.32. The molecule has 1 fully saturated rings. The molecule has 0 spiro atoms. The minimum Gasteiger partial charge on any atom is -0.383 e. The summed E-state index contributed by atoms with van der Waals surface area (Å²) in [6.45, 7) is 0. The average Bonchev–Trinajstić information content (AvgIpc) is 3.10. The number of hydrogen-bond donors (Lipinski definition) is 1. The predicted molar refractivity (Wildman–Crippen MR) is 77.8 cm³/mol. The van der Waals surface area contributed by atoms with Gasteiger partial charge in [-0.15, -0.1) is 0 Å². The Labute approximate surface area is 127 Å². The Balaban J connectivity index is 1.63. The molecule has 7 heteroatoms. The molecule has 114 valence electrons. The number of aliphatic hydroxyl groups excluding tert-OH is 1. The molecule has 0 radical (unpaired) electrons. The van der Waals surface area contributed by atoms with E-state index in [0.29, 0.717) is 18.1 Å². The molecule has 1 aliphatic rings. The number of rotatable bonds is 4. The second-order valence-electron chi connectivity index (χ2n) is 5.67. The van der Waals surface area contributed by atoms with Crippen molar-refractivity contribution in [3.8, 4) is 0 Å². The molecule has 0 amide bonds. The van der Waals surface area contributed by atoms with Gasteiger partial charge in [-0.2, -0.15) is 13.7 Å². The van der Waals surface area contributed by atoms with Crippen molar-refractivity contribution in [2.75, 3.05) is 0 Å². The van der Waals surface area contributed by atoms with Crippen molar-refractivity contribution in [2.24, 2.45) is 5.92 Å². The van der Waals surface area contributed by atoms with Crippen LogP contribution in [0.3, 0.4) is 0 Å². The lowest BCUT2D eigenvalue weighted by Gasteiger charge is -2.22. The van der Waals surface area contributed by atoms with Gasteiger partial charge in [-0.25, -0.2) is 0 Å². The number of nitrogens with zero attached hydrogens (tertiary/aromatic N) is 4. The van der Waals surface area contributed by atoms with E-state index in [1.165, 1.54) is 32.1 Å². The Bertz CT molecular complexity index is 535. The molecule has 6 nitrogen and oxygen atoms in total. The minimum absolute atomic E-state index is 0.236. The molecule has 0 bridgehead atoms. The van der Waals surface area contributed by atoms with Crippen LogP contribution in [0.1, 0.15) is 68.5 Å². The van der Waals surface area contributed by atoms with Crippen molar-refractivity contribution >= 4 is 11.7 Å². The Morgan fingerprint density at radius 1 is 1.24 bits per heavy atom. The van der Waals surface area contributed by atoms with Crippen LogP contribution in [0.5, 0.6) is 0 Å². The zero-order chi connectivity index (χ0) is 14.5. The van der Waals surface area contributed by atoms with Gasteiger partial charge in [-0.3, -0.25) is 0 Å². The normalized spacial score (nSPS) is 19.1. The van der Waals surface area contributed by atoms with E-state index in [-0.39, 0.29) is 5.92 Å². The molecule has 1 N–H and O–H groups in total. The van der Waals surface area contributed by atoms with Crippen LogP contribution < -0.4 is 0 Å². The molecule has 0 aliphatic heterocycles. The molecule has 0 saturated heterocycles. The van der Waals surface area contributed by atoms with E-state index >= 15 is 0 Å². The number of aliphatic hydroxyl groups is 1. The summed E-state index contributed by atoms with van der Waals surface area (Å²) in [5.41, 5.74) is 0.827. The third kappa shape index (κ3) is 3.85. The number of aromatic nitrogens is 4. The molecule has 1 saturated carbocycles. The monoisotopic (exact) mass is 308 g/mol. The fourth-order valence-electron chi connectivity index (χ4n) is 2.89. The Morgan fingerprint density at radius 3 is 2.71 bits per heavy atom. The topological polar surface area (TPSA) is 84.9 Å². The Morgan fingerprint density at radius 2 is 2.00 bits per heavy atom. The Hall–Kier alpha value is -1.34. The second kappa shape index (κ2) is 7.09. The average molecular weight is 308 g/mol. The lowest BCUT2D eigenvalue weighted by Crippen LogP contribution is -2.14. The van der Waals surface area contributed by atoms with Gasteiger partial charge in [0, 0.05) is 0 Å². The summed E-state index contributed by atoms with van der Waals surface area (Å²) in [6, 6.07) is 0. The second-order valence-corrected chi connectivity index (χ2v) is 6.23. The van der Waals surface area contributed by atoms with E-state index in [2.05, 4.69) is 18.9 Å². The SMILES string of the molecule is OC(c1nc(Cc2cnsn2)no1)C1CCCCCCC1. The van der Waals surface area contributed by atoms with Crippen molar-refractivity contribution in [2.45, 2.75) is 57.5 Å². The highest BCUT2D eigenvalue weighted by molar-refractivity contribution is 6.99. The predicted octanol–water partition coefficient (Wildman–Crippen LogP) is 2.91. The van der Waals surface area contributed by atoms with Gasteiger partial charge in [0.05, 0.1) is 30.0 Å². The maximum Gasteiger partial charge on any atom is 0.255 e. The van der Waals surface area contributed by atoms with Crippen molar-refractivity contribution < 1.29 is 9.63 Å². The zero-order valence-corrected chi connectivity index (χ0v) is 12.8. The largest absolute Gasteiger partial charge is 0.383 e.